The summed E-state index contributed by atoms with van der Waals surface area (Å²) in [4.78, 5) is 33.3. The first-order chi connectivity index (χ1) is 15.0. The zero-order chi connectivity index (χ0) is 21.8. The Labute approximate surface area is 186 Å². The van der Waals surface area contributed by atoms with Crippen LogP contribution in [0.4, 0.5) is 5.69 Å². The first-order valence-electron chi connectivity index (χ1n) is 9.38. The highest BCUT2D eigenvalue weighted by atomic mass is 32.1. The SMILES string of the molecule is Cc1ccccc1NC(=O)Cc1nc(COC(=O)c2csc(-c3cnn(C)c3)n2)cs1. The molecule has 0 atom stereocenters. The minimum Gasteiger partial charge on any atom is -0.454 e. The number of aryl methyl sites for hydroxylation is 2. The van der Waals surface area contributed by atoms with E-state index in [1.54, 1.807) is 21.6 Å². The Hall–Kier alpha value is -3.37. The maximum atomic E-state index is 12.3. The minimum absolute atomic E-state index is 0.0223. The van der Waals surface area contributed by atoms with E-state index < -0.39 is 5.97 Å². The van der Waals surface area contributed by atoms with Gasteiger partial charge in [0.05, 0.1) is 18.3 Å². The number of benzene rings is 1. The third kappa shape index (κ3) is 5.22. The molecule has 10 heteroatoms. The van der Waals surface area contributed by atoms with Crippen molar-refractivity contribution >= 4 is 40.2 Å². The third-order valence-electron chi connectivity index (χ3n) is 4.35. The van der Waals surface area contributed by atoms with Gasteiger partial charge in [0.15, 0.2) is 5.69 Å². The predicted molar refractivity (Wildman–Crippen MR) is 119 cm³/mol. The molecule has 0 fully saturated rings. The van der Waals surface area contributed by atoms with Crippen molar-refractivity contribution in [2.45, 2.75) is 20.0 Å². The van der Waals surface area contributed by atoms with E-state index in [0.29, 0.717) is 15.7 Å². The molecule has 0 saturated heterocycles. The second-order valence-electron chi connectivity index (χ2n) is 6.79. The molecule has 0 spiro atoms. The van der Waals surface area contributed by atoms with Crippen LogP contribution >= 0.6 is 22.7 Å². The smallest absolute Gasteiger partial charge is 0.358 e. The van der Waals surface area contributed by atoms with Gasteiger partial charge < -0.3 is 10.1 Å². The minimum atomic E-state index is -0.516. The molecule has 1 amide bonds. The van der Waals surface area contributed by atoms with Crippen LogP contribution in [0.25, 0.3) is 10.6 Å². The Kier molecular flexibility index (Phi) is 6.19. The molecule has 4 rings (SSSR count). The van der Waals surface area contributed by atoms with Gasteiger partial charge in [0, 0.05) is 35.3 Å². The summed E-state index contributed by atoms with van der Waals surface area (Å²) < 4.78 is 7.00. The molecule has 1 N–H and O–H groups in total. The Morgan fingerprint density at radius 1 is 1.16 bits per heavy atom. The highest BCUT2D eigenvalue weighted by molar-refractivity contribution is 7.13. The van der Waals surface area contributed by atoms with Gasteiger partial charge in [-0.25, -0.2) is 14.8 Å². The lowest BCUT2D eigenvalue weighted by Gasteiger charge is -2.06. The lowest BCUT2D eigenvalue weighted by Crippen LogP contribution is -2.15. The van der Waals surface area contributed by atoms with Crippen LogP contribution in [0.5, 0.6) is 0 Å². The first-order valence-corrected chi connectivity index (χ1v) is 11.1. The maximum Gasteiger partial charge on any atom is 0.358 e. The van der Waals surface area contributed by atoms with E-state index in [4.69, 9.17) is 4.74 Å². The fourth-order valence-electron chi connectivity index (χ4n) is 2.79. The molecule has 0 saturated carbocycles. The number of amides is 1. The van der Waals surface area contributed by atoms with Crippen molar-refractivity contribution in [1.29, 1.82) is 0 Å². The summed E-state index contributed by atoms with van der Waals surface area (Å²) in [7, 11) is 1.82. The van der Waals surface area contributed by atoms with Crippen molar-refractivity contribution in [3.05, 3.63) is 69.4 Å². The van der Waals surface area contributed by atoms with Gasteiger partial charge >= 0.3 is 5.97 Å². The Balaban J connectivity index is 1.30. The maximum absolute atomic E-state index is 12.3. The van der Waals surface area contributed by atoms with E-state index in [9.17, 15) is 9.59 Å². The van der Waals surface area contributed by atoms with Crippen molar-refractivity contribution < 1.29 is 14.3 Å². The highest BCUT2D eigenvalue weighted by Crippen LogP contribution is 2.23. The van der Waals surface area contributed by atoms with E-state index in [-0.39, 0.29) is 24.6 Å². The molecular weight excluding hydrogens is 434 g/mol. The van der Waals surface area contributed by atoms with Crippen LogP contribution in [0, 0.1) is 6.92 Å². The molecule has 0 aliphatic heterocycles. The fourth-order valence-corrected chi connectivity index (χ4v) is 4.33. The molecule has 31 heavy (non-hydrogen) atoms. The predicted octanol–water partition coefficient (Wildman–Crippen LogP) is 3.85. The van der Waals surface area contributed by atoms with Crippen LogP contribution in [0.3, 0.4) is 0 Å². The van der Waals surface area contributed by atoms with Crippen molar-refractivity contribution in [2.24, 2.45) is 7.05 Å². The Bertz CT molecular complexity index is 1230. The molecule has 8 nitrogen and oxygen atoms in total. The average molecular weight is 454 g/mol. The summed E-state index contributed by atoms with van der Waals surface area (Å²) in [5.41, 5.74) is 3.47. The van der Waals surface area contributed by atoms with Gasteiger partial charge in [0.1, 0.15) is 16.6 Å². The van der Waals surface area contributed by atoms with Gasteiger partial charge in [-0.3, -0.25) is 9.48 Å². The van der Waals surface area contributed by atoms with Crippen LogP contribution in [-0.4, -0.2) is 31.6 Å². The van der Waals surface area contributed by atoms with Crippen LogP contribution in [0.1, 0.15) is 26.8 Å². The number of nitrogens with one attached hydrogen (secondary N) is 1. The van der Waals surface area contributed by atoms with E-state index in [0.717, 1.165) is 16.8 Å². The van der Waals surface area contributed by atoms with Gasteiger partial charge in [0.2, 0.25) is 5.91 Å². The van der Waals surface area contributed by atoms with E-state index in [1.807, 2.05) is 44.4 Å². The standard InChI is InChI=1S/C21H19N5O3S2/c1-13-5-3-4-6-16(13)24-18(27)7-19-23-15(11-30-19)10-29-21(28)17-12-31-20(25-17)14-8-22-26(2)9-14/h3-6,8-9,11-12H,7,10H2,1-2H3,(H,24,27). The normalized spacial score (nSPS) is 10.8. The number of nitrogens with zero attached hydrogens (tertiary/aromatic N) is 4. The Morgan fingerprint density at radius 2 is 2.00 bits per heavy atom. The molecule has 0 aliphatic carbocycles. The van der Waals surface area contributed by atoms with E-state index in [1.165, 1.54) is 22.7 Å². The van der Waals surface area contributed by atoms with Crippen LogP contribution in [0.2, 0.25) is 0 Å². The summed E-state index contributed by atoms with van der Waals surface area (Å²) in [6.07, 6.45) is 3.69. The number of rotatable bonds is 7. The first kappa shape index (κ1) is 20.9. The molecule has 3 heterocycles. The molecule has 158 valence electrons. The molecule has 0 aliphatic rings. The number of para-hydroxylation sites is 1. The molecule has 0 radical (unpaired) electrons. The van der Waals surface area contributed by atoms with E-state index >= 15 is 0 Å². The topological polar surface area (TPSA) is 99.0 Å². The van der Waals surface area contributed by atoms with Gasteiger partial charge in [-0.15, -0.1) is 22.7 Å². The largest absolute Gasteiger partial charge is 0.454 e. The number of aromatic nitrogens is 4. The molecule has 0 unspecified atom stereocenters. The monoisotopic (exact) mass is 453 g/mol. The van der Waals surface area contributed by atoms with E-state index in [2.05, 4.69) is 20.4 Å². The molecular formula is C21H19N5O3S2. The number of thiazole rings is 2. The van der Waals surface area contributed by atoms with Crippen LogP contribution in [0.15, 0.2) is 47.4 Å². The van der Waals surface area contributed by atoms with Crippen LogP contribution < -0.4 is 5.32 Å². The number of anilines is 1. The summed E-state index contributed by atoms with van der Waals surface area (Å²) in [5.74, 6) is -0.657. The zero-order valence-electron chi connectivity index (χ0n) is 16.9. The highest BCUT2D eigenvalue weighted by Gasteiger charge is 2.15. The third-order valence-corrected chi connectivity index (χ3v) is 6.14. The molecule has 3 aromatic heterocycles. The van der Waals surface area contributed by atoms with Crippen molar-refractivity contribution in [3.8, 4) is 10.6 Å². The second-order valence-corrected chi connectivity index (χ2v) is 8.59. The van der Waals surface area contributed by atoms with Gasteiger partial charge in [0.25, 0.3) is 0 Å². The van der Waals surface area contributed by atoms with Crippen molar-refractivity contribution in [2.75, 3.05) is 5.32 Å². The summed E-state index contributed by atoms with van der Waals surface area (Å²) in [5, 5.41) is 11.8. The number of carbonyl (C=O) groups is 2. The van der Waals surface area contributed by atoms with Crippen molar-refractivity contribution in [1.82, 2.24) is 19.7 Å². The summed E-state index contributed by atoms with van der Waals surface area (Å²) >= 11 is 2.71. The fraction of sp³-hybridized carbons (Fsp3) is 0.190. The zero-order valence-corrected chi connectivity index (χ0v) is 18.5. The second kappa shape index (κ2) is 9.19. The molecule has 4 aromatic rings. The quantitative estimate of drug-likeness (QED) is 0.427. The number of esters is 1. The molecule has 0 bridgehead atoms. The van der Waals surface area contributed by atoms with Gasteiger partial charge in [-0.2, -0.15) is 5.10 Å². The number of hydrogen-bond acceptors (Lipinski definition) is 8. The van der Waals surface area contributed by atoms with Crippen molar-refractivity contribution in [3.63, 3.8) is 0 Å². The lowest BCUT2D eigenvalue weighted by atomic mass is 10.2. The lowest BCUT2D eigenvalue weighted by molar-refractivity contribution is -0.115. The molecule has 1 aromatic carbocycles. The number of ether oxygens (including phenoxy) is 1. The number of carbonyl (C=O) groups excluding carboxylic acids is 2. The number of hydrogen-bond donors (Lipinski definition) is 1. The average Bonchev–Trinajstić information content (AvgIpc) is 3.49. The Morgan fingerprint density at radius 3 is 2.77 bits per heavy atom. The summed E-state index contributed by atoms with van der Waals surface area (Å²) in [6, 6.07) is 7.59. The van der Waals surface area contributed by atoms with Crippen LogP contribution in [-0.2, 0) is 29.6 Å². The van der Waals surface area contributed by atoms with Gasteiger partial charge in [-0.1, -0.05) is 18.2 Å². The van der Waals surface area contributed by atoms with Gasteiger partial charge in [-0.05, 0) is 18.6 Å². The summed E-state index contributed by atoms with van der Waals surface area (Å²) in [6.45, 7) is 1.96.